The Bertz CT molecular complexity index is 773. The number of nitrogens with one attached hydrogen (secondary N) is 1. The molecule has 23 heavy (non-hydrogen) atoms. The van der Waals surface area contributed by atoms with Crippen LogP contribution in [0.5, 0.6) is 11.5 Å². The number of nitriles is 2. The van der Waals surface area contributed by atoms with Crippen LogP contribution in [-0.2, 0) is 0 Å². The van der Waals surface area contributed by atoms with Crippen LogP contribution in [0.15, 0.2) is 60.3 Å². The van der Waals surface area contributed by atoms with Crippen LogP contribution in [0.1, 0.15) is 0 Å². The Morgan fingerprint density at radius 3 is 2.30 bits per heavy atom. The summed E-state index contributed by atoms with van der Waals surface area (Å²) in [5.41, 5.74) is 0.891. The van der Waals surface area contributed by atoms with Gasteiger partial charge in [-0.15, -0.1) is 0 Å². The maximum Gasteiger partial charge on any atom is 0.488 e. The molecule has 0 saturated carbocycles. The highest BCUT2D eigenvalue weighted by Crippen LogP contribution is 2.29. The topological polar surface area (TPSA) is 109 Å². The average Bonchev–Trinajstić information content (AvgIpc) is 2.57. The molecule has 6 nitrogen and oxygen atoms in total. The van der Waals surface area contributed by atoms with Crippen molar-refractivity contribution in [2.45, 2.75) is 0 Å². The van der Waals surface area contributed by atoms with Crippen molar-refractivity contribution in [2.24, 2.45) is 0 Å². The predicted molar refractivity (Wildman–Crippen MR) is 85.7 cm³/mol. The van der Waals surface area contributed by atoms with Crippen molar-refractivity contribution >= 4 is 18.3 Å². The van der Waals surface area contributed by atoms with Gasteiger partial charge in [0.25, 0.3) is 0 Å². The van der Waals surface area contributed by atoms with E-state index in [9.17, 15) is 0 Å². The number of hydrogen-bond donors (Lipinski definition) is 3. The van der Waals surface area contributed by atoms with Crippen molar-refractivity contribution in [1.29, 1.82) is 10.5 Å². The molecule has 0 unspecified atom stereocenters. The van der Waals surface area contributed by atoms with Crippen LogP contribution in [0.25, 0.3) is 0 Å². The van der Waals surface area contributed by atoms with Crippen molar-refractivity contribution < 1.29 is 14.8 Å². The summed E-state index contributed by atoms with van der Waals surface area (Å²) in [5, 5.41) is 38.4. The van der Waals surface area contributed by atoms with Crippen LogP contribution in [0.2, 0.25) is 0 Å². The summed E-state index contributed by atoms with van der Waals surface area (Å²) in [4.78, 5) is 0. The largest absolute Gasteiger partial charge is 0.488 e. The number of benzene rings is 2. The van der Waals surface area contributed by atoms with E-state index in [1.54, 1.807) is 60.7 Å². The maximum atomic E-state index is 9.06. The molecule has 2 aromatic rings. The zero-order valence-corrected chi connectivity index (χ0v) is 12.0. The van der Waals surface area contributed by atoms with Gasteiger partial charge >= 0.3 is 7.12 Å². The van der Waals surface area contributed by atoms with Gasteiger partial charge < -0.3 is 20.1 Å². The number of ether oxygens (including phenoxy) is 1. The molecule has 2 aromatic carbocycles. The van der Waals surface area contributed by atoms with E-state index in [4.69, 9.17) is 25.3 Å². The molecule has 112 valence electrons. The SMILES string of the molecule is N#CC(C#N)=CNc1ccccc1Oc1ccc(B(O)O)cc1. The molecule has 0 fully saturated rings. The molecular weight excluding hydrogens is 293 g/mol. The Morgan fingerprint density at radius 1 is 1.04 bits per heavy atom. The summed E-state index contributed by atoms with van der Waals surface area (Å²) in [6, 6.07) is 16.8. The van der Waals surface area contributed by atoms with Gasteiger partial charge in [0.05, 0.1) is 5.69 Å². The molecule has 0 aromatic heterocycles. The van der Waals surface area contributed by atoms with Crippen molar-refractivity contribution in [1.82, 2.24) is 0 Å². The summed E-state index contributed by atoms with van der Waals surface area (Å²) in [6.45, 7) is 0. The van der Waals surface area contributed by atoms with Gasteiger partial charge in [-0.05, 0) is 29.7 Å². The third kappa shape index (κ3) is 4.35. The third-order valence-corrected chi connectivity index (χ3v) is 2.91. The first-order chi connectivity index (χ1) is 11.1. The standard InChI is InChI=1S/C16H12BN3O3/c18-9-12(10-19)11-20-15-3-1-2-4-16(15)23-14-7-5-13(6-8-14)17(21)22/h1-8,11,20-22H. The van der Waals surface area contributed by atoms with E-state index < -0.39 is 7.12 Å². The molecule has 7 heteroatoms. The average molecular weight is 305 g/mol. The van der Waals surface area contributed by atoms with E-state index in [0.717, 1.165) is 0 Å². The molecule has 0 aliphatic rings. The quantitative estimate of drug-likeness (QED) is 0.570. The minimum Gasteiger partial charge on any atom is -0.455 e. The Kier molecular flexibility index (Phi) is 5.37. The summed E-state index contributed by atoms with van der Waals surface area (Å²) in [5.74, 6) is 1.00. The maximum absolute atomic E-state index is 9.06. The Hall–Kier alpha value is -3.26. The minimum atomic E-state index is -1.53. The van der Waals surface area contributed by atoms with E-state index in [0.29, 0.717) is 22.6 Å². The first-order valence-corrected chi connectivity index (χ1v) is 6.64. The fourth-order valence-electron chi connectivity index (χ4n) is 1.75. The summed E-state index contributed by atoms with van der Waals surface area (Å²) in [6.07, 6.45) is 1.30. The fraction of sp³-hybridized carbons (Fsp3) is 0. The fourth-order valence-corrected chi connectivity index (χ4v) is 1.75. The van der Waals surface area contributed by atoms with Crippen LogP contribution >= 0.6 is 0 Å². The molecule has 2 rings (SSSR count). The van der Waals surface area contributed by atoms with Crippen LogP contribution in [0.4, 0.5) is 5.69 Å². The van der Waals surface area contributed by atoms with Crippen molar-refractivity contribution in [2.75, 3.05) is 5.32 Å². The zero-order valence-electron chi connectivity index (χ0n) is 12.0. The van der Waals surface area contributed by atoms with Gasteiger partial charge in [0.1, 0.15) is 23.5 Å². The van der Waals surface area contributed by atoms with E-state index in [1.165, 1.54) is 6.20 Å². The number of para-hydroxylation sites is 2. The van der Waals surface area contributed by atoms with E-state index >= 15 is 0 Å². The monoisotopic (exact) mass is 305 g/mol. The van der Waals surface area contributed by atoms with Crippen molar-refractivity contribution in [3.8, 4) is 23.6 Å². The van der Waals surface area contributed by atoms with Gasteiger partial charge in [0.2, 0.25) is 0 Å². The van der Waals surface area contributed by atoms with Gasteiger partial charge in [0.15, 0.2) is 5.75 Å². The molecule has 0 bridgehead atoms. The smallest absolute Gasteiger partial charge is 0.455 e. The molecule has 0 spiro atoms. The van der Waals surface area contributed by atoms with E-state index in [-0.39, 0.29) is 5.57 Å². The number of anilines is 1. The van der Waals surface area contributed by atoms with Crippen LogP contribution < -0.4 is 15.5 Å². The molecule has 0 aliphatic carbocycles. The zero-order chi connectivity index (χ0) is 16.7. The summed E-state index contributed by atoms with van der Waals surface area (Å²) in [7, 11) is -1.53. The number of hydrogen-bond acceptors (Lipinski definition) is 6. The number of rotatable bonds is 5. The lowest BCUT2D eigenvalue weighted by atomic mass is 9.80. The van der Waals surface area contributed by atoms with Crippen molar-refractivity contribution in [3.05, 3.63) is 60.3 Å². The first-order valence-electron chi connectivity index (χ1n) is 6.64. The van der Waals surface area contributed by atoms with Gasteiger partial charge in [0, 0.05) is 6.20 Å². The lowest BCUT2D eigenvalue weighted by molar-refractivity contribution is 0.425. The summed E-state index contributed by atoms with van der Waals surface area (Å²) < 4.78 is 5.72. The summed E-state index contributed by atoms with van der Waals surface area (Å²) >= 11 is 0. The second-order valence-electron chi connectivity index (χ2n) is 4.47. The highest BCUT2D eigenvalue weighted by Gasteiger charge is 2.10. The second kappa shape index (κ2) is 7.67. The molecule has 0 amide bonds. The molecular formula is C16H12BN3O3. The highest BCUT2D eigenvalue weighted by molar-refractivity contribution is 6.58. The van der Waals surface area contributed by atoms with Crippen molar-refractivity contribution in [3.63, 3.8) is 0 Å². The van der Waals surface area contributed by atoms with Gasteiger partial charge in [-0.2, -0.15) is 10.5 Å². The molecule has 0 aliphatic heterocycles. The Balaban J connectivity index is 2.19. The second-order valence-corrected chi connectivity index (χ2v) is 4.47. The van der Waals surface area contributed by atoms with Crippen LogP contribution in [0, 0.1) is 22.7 Å². The molecule has 0 saturated heterocycles. The Morgan fingerprint density at radius 2 is 1.70 bits per heavy atom. The lowest BCUT2D eigenvalue weighted by Gasteiger charge is -2.11. The molecule has 0 heterocycles. The van der Waals surface area contributed by atoms with Gasteiger partial charge in [-0.25, -0.2) is 0 Å². The predicted octanol–water partition coefficient (Wildman–Crippen LogP) is 1.50. The lowest BCUT2D eigenvalue weighted by Crippen LogP contribution is -2.29. The molecule has 0 atom stereocenters. The molecule has 3 N–H and O–H groups in total. The molecule has 0 radical (unpaired) electrons. The Labute approximate surface area is 133 Å². The number of nitrogens with zero attached hydrogens (tertiary/aromatic N) is 2. The highest BCUT2D eigenvalue weighted by atomic mass is 16.5. The minimum absolute atomic E-state index is 0.0545. The normalized spacial score (nSPS) is 9.22. The van der Waals surface area contributed by atoms with E-state index in [2.05, 4.69) is 5.32 Å². The van der Waals surface area contributed by atoms with Crippen LogP contribution in [-0.4, -0.2) is 17.2 Å². The van der Waals surface area contributed by atoms with E-state index in [1.807, 2.05) is 0 Å². The first kappa shape index (κ1) is 16.1. The van der Waals surface area contributed by atoms with Gasteiger partial charge in [-0.1, -0.05) is 24.3 Å². The van der Waals surface area contributed by atoms with Gasteiger partial charge in [-0.3, -0.25) is 0 Å². The van der Waals surface area contributed by atoms with Crippen LogP contribution in [0.3, 0.4) is 0 Å². The third-order valence-electron chi connectivity index (χ3n) is 2.91. The number of allylic oxidation sites excluding steroid dienone is 1.